The molecular weight excluding hydrogens is 371 g/mol. The summed E-state index contributed by atoms with van der Waals surface area (Å²) in [6.07, 6.45) is -2.91. The predicted octanol–water partition coefficient (Wildman–Crippen LogP) is 5.10. The molecule has 0 atom stereocenters. The highest BCUT2D eigenvalue weighted by molar-refractivity contribution is 6.07. The topological polar surface area (TPSA) is 63.2 Å². The van der Waals surface area contributed by atoms with Gasteiger partial charge in [0.15, 0.2) is 0 Å². The SMILES string of the molecule is COc1cccc(Nc2ncccc2C(=O)Nc2ccc(C(F)(F)F)cc2)c1. The van der Waals surface area contributed by atoms with Crippen molar-refractivity contribution in [3.8, 4) is 5.75 Å². The summed E-state index contributed by atoms with van der Waals surface area (Å²) in [5.74, 6) is 0.440. The summed E-state index contributed by atoms with van der Waals surface area (Å²) in [5.41, 5.74) is 0.369. The maximum absolute atomic E-state index is 12.6. The molecule has 144 valence electrons. The van der Waals surface area contributed by atoms with E-state index in [1.165, 1.54) is 18.3 Å². The number of ether oxygens (including phenoxy) is 1. The molecule has 0 spiro atoms. The normalized spacial score (nSPS) is 11.0. The van der Waals surface area contributed by atoms with E-state index in [0.29, 0.717) is 17.3 Å². The molecule has 0 aliphatic carbocycles. The van der Waals surface area contributed by atoms with Crippen molar-refractivity contribution in [3.63, 3.8) is 0 Å². The number of alkyl halides is 3. The molecule has 0 aliphatic heterocycles. The summed E-state index contributed by atoms with van der Waals surface area (Å²) in [4.78, 5) is 16.8. The van der Waals surface area contributed by atoms with Gasteiger partial charge in [0.1, 0.15) is 11.6 Å². The third-order valence-corrected chi connectivity index (χ3v) is 3.85. The Morgan fingerprint density at radius 1 is 1.00 bits per heavy atom. The Morgan fingerprint density at radius 2 is 1.75 bits per heavy atom. The number of halogens is 3. The average molecular weight is 387 g/mol. The molecule has 0 saturated carbocycles. The predicted molar refractivity (Wildman–Crippen MR) is 99.9 cm³/mol. The fourth-order valence-electron chi connectivity index (χ4n) is 2.47. The Morgan fingerprint density at radius 3 is 2.43 bits per heavy atom. The summed E-state index contributed by atoms with van der Waals surface area (Å²) < 4.78 is 43.1. The van der Waals surface area contributed by atoms with Gasteiger partial charge in [-0.15, -0.1) is 0 Å². The van der Waals surface area contributed by atoms with Gasteiger partial charge in [0.05, 0.1) is 18.2 Å². The van der Waals surface area contributed by atoms with Crippen LogP contribution in [-0.4, -0.2) is 18.0 Å². The van der Waals surface area contributed by atoms with E-state index in [2.05, 4.69) is 15.6 Å². The Hall–Kier alpha value is -3.55. The zero-order chi connectivity index (χ0) is 20.1. The zero-order valence-electron chi connectivity index (χ0n) is 14.7. The van der Waals surface area contributed by atoms with E-state index in [1.54, 1.807) is 43.5 Å². The maximum atomic E-state index is 12.6. The fourth-order valence-corrected chi connectivity index (χ4v) is 2.47. The highest BCUT2D eigenvalue weighted by Crippen LogP contribution is 2.30. The summed E-state index contributed by atoms with van der Waals surface area (Å²) in [7, 11) is 1.54. The number of hydrogen-bond donors (Lipinski definition) is 2. The number of carbonyl (C=O) groups is 1. The number of rotatable bonds is 5. The third-order valence-electron chi connectivity index (χ3n) is 3.85. The van der Waals surface area contributed by atoms with Gasteiger partial charge in [-0.1, -0.05) is 6.07 Å². The van der Waals surface area contributed by atoms with Crippen molar-refractivity contribution in [1.29, 1.82) is 0 Å². The zero-order valence-corrected chi connectivity index (χ0v) is 14.7. The van der Waals surface area contributed by atoms with Crippen LogP contribution in [0.4, 0.5) is 30.4 Å². The first kappa shape index (κ1) is 19.2. The molecule has 0 fully saturated rings. The van der Waals surface area contributed by atoms with Gasteiger partial charge in [-0.05, 0) is 48.5 Å². The molecule has 3 aromatic rings. The Balaban J connectivity index is 1.79. The van der Waals surface area contributed by atoms with E-state index in [-0.39, 0.29) is 11.3 Å². The molecule has 28 heavy (non-hydrogen) atoms. The molecule has 0 radical (unpaired) electrons. The lowest BCUT2D eigenvalue weighted by molar-refractivity contribution is -0.137. The molecule has 1 heterocycles. The van der Waals surface area contributed by atoms with Crippen LogP contribution in [0.15, 0.2) is 66.9 Å². The number of benzene rings is 2. The van der Waals surface area contributed by atoms with E-state index >= 15 is 0 Å². The van der Waals surface area contributed by atoms with Gasteiger partial charge in [-0.2, -0.15) is 13.2 Å². The minimum absolute atomic E-state index is 0.241. The van der Waals surface area contributed by atoms with Gasteiger partial charge in [0.25, 0.3) is 5.91 Å². The third kappa shape index (κ3) is 4.59. The maximum Gasteiger partial charge on any atom is 0.416 e. The molecule has 0 unspecified atom stereocenters. The molecule has 3 rings (SSSR count). The number of amides is 1. The van der Waals surface area contributed by atoms with Crippen LogP contribution in [0.3, 0.4) is 0 Å². The quantitative estimate of drug-likeness (QED) is 0.639. The molecule has 1 amide bonds. The number of aromatic nitrogens is 1. The Bertz CT molecular complexity index is 973. The van der Waals surface area contributed by atoms with Gasteiger partial charge < -0.3 is 15.4 Å². The van der Waals surface area contributed by atoms with Crippen LogP contribution >= 0.6 is 0 Å². The minimum Gasteiger partial charge on any atom is -0.497 e. The summed E-state index contributed by atoms with van der Waals surface area (Å²) in [6, 6.07) is 14.5. The molecule has 8 heteroatoms. The van der Waals surface area contributed by atoms with Crippen molar-refractivity contribution in [2.75, 3.05) is 17.7 Å². The first-order valence-corrected chi connectivity index (χ1v) is 8.21. The Kier molecular flexibility index (Phi) is 5.49. The van der Waals surface area contributed by atoms with Gasteiger partial charge in [-0.3, -0.25) is 4.79 Å². The van der Waals surface area contributed by atoms with Crippen molar-refractivity contribution < 1.29 is 22.7 Å². The lowest BCUT2D eigenvalue weighted by Crippen LogP contribution is -2.15. The van der Waals surface area contributed by atoms with Crippen molar-refractivity contribution in [2.24, 2.45) is 0 Å². The van der Waals surface area contributed by atoms with Gasteiger partial charge in [0.2, 0.25) is 0 Å². The summed E-state index contributed by atoms with van der Waals surface area (Å²) in [5, 5.41) is 5.62. The number of pyridine rings is 1. The fraction of sp³-hybridized carbons (Fsp3) is 0.100. The van der Waals surface area contributed by atoms with Crippen molar-refractivity contribution in [3.05, 3.63) is 78.0 Å². The van der Waals surface area contributed by atoms with Crippen molar-refractivity contribution in [2.45, 2.75) is 6.18 Å². The van der Waals surface area contributed by atoms with Gasteiger partial charge >= 0.3 is 6.18 Å². The van der Waals surface area contributed by atoms with Crippen LogP contribution in [0.5, 0.6) is 5.75 Å². The van der Waals surface area contributed by atoms with Crippen LogP contribution < -0.4 is 15.4 Å². The smallest absolute Gasteiger partial charge is 0.416 e. The second kappa shape index (κ2) is 7.99. The molecule has 0 saturated heterocycles. The van der Waals surface area contributed by atoms with E-state index in [4.69, 9.17) is 4.74 Å². The van der Waals surface area contributed by atoms with Crippen molar-refractivity contribution in [1.82, 2.24) is 4.98 Å². The molecule has 0 bridgehead atoms. The molecule has 1 aromatic heterocycles. The Labute approximate surface area is 159 Å². The average Bonchev–Trinajstić information content (AvgIpc) is 2.68. The monoisotopic (exact) mass is 387 g/mol. The summed E-state index contributed by atoms with van der Waals surface area (Å²) >= 11 is 0. The first-order valence-electron chi connectivity index (χ1n) is 8.21. The lowest BCUT2D eigenvalue weighted by Gasteiger charge is -2.12. The standard InChI is InChI=1S/C20H16F3N3O2/c1-28-16-5-2-4-15(12-16)25-18-17(6-3-11-24-18)19(27)26-14-9-7-13(8-10-14)20(21,22)23/h2-12H,1H3,(H,24,25)(H,26,27). The molecule has 2 N–H and O–H groups in total. The number of hydrogen-bond acceptors (Lipinski definition) is 4. The molecule has 2 aromatic carbocycles. The largest absolute Gasteiger partial charge is 0.497 e. The highest BCUT2D eigenvalue weighted by Gasteiger charge is 2.30. The second-order valence-corrected chi connectivity index (χ2v) is 5.79. The van der Waals surface area contributed by atoms with E-state index in [1.807, 2.05) is 0 Å². The number of nitrogens with zero attached hydrogens (tertiary/aromatic N) is 1. The van der Waals surface area contributed by atoms with Crippen LogP contribution in [0.1, 0.15) is 15.9 Å². The van der Waals surface area contributed by atoms with Gasteiger partial charge in [0, 0.05) is 23.6 Å². The molecular formula is C20H16F3N3O2. The van der Waals surface area contributed by atoms with Crippen LogP contribution in [0.25, 0.3) is 0 Å². The summed E-state index contributed by atoms with van der Waals surface area (Å²) in [6.45, 7) is 0. The van der Waals surface area contributed by atoms with Gasteiger partial charge in [-0.25, -0.2) is 4.98 Å². The number of carbonyl (C=O) groups excluding carboxylic acids is 1. The van der Waals surface area contributed by atoms with E-state index in [9.17, 15) is 18.0 Å². The van der Waals surface area contributed by atoms with Crippen molar-refractivity contribution >= 4 is 23.1 Å². The second-order valence-electron chi connectivity index (χ2n) is 5.79. The van der Waals surface area contributed by atoms with Crippen LogP contribution in [0, 0.1) is 0 Å². The van der Waals surface area contributed by atoms with Crippen LogP contribution in [-0.2, 0) is 6.18 Å². The van der Waals surface area contributed by atoms with Crippen LogP contribution in [0.2, 0.25) is 0 Å². The minimum atomic E-state index is -4.43. The molecule has 0 aliphatic rings. The number of methoxy groups -OCH3 is 1. The lowest BCUT2D eigenvalue weighted by atomic mass is 10.2. The van der Waals surface area contributed by atoms with E-state index < -0.39 is 17.6 Å². The first-order chi connectivity index (χ1) is 13.4. The molecule has 5 nitrogen and oxygen atoms in total. The highest BCUT2D eigenvalue weighted by atomic mass is 19.4. The number of anilines is 3. The van der Waals surface area contributed by atoms with E-state index in [0.717, 1.165) is 12.1 Å². The number of nitrogens with one attached hydrogen (secondary N) is 2.